The van der Waals surface area contributed by atoms with Crippen LogP contribution in [0.4, 0.5) is 11.4 Å². The van der Waals surface area contributed by atoms with E-state index in [1.165, 1.54) is 35.0 Å². The van der Waals surface area contributed by atoms with Crippen molar-refractivity contribution in [1.29, 1.82) is 0 Å². The third kappa shape index (κ3) is 11.1. The van der Waals surface area contributed by atoms with Crippen LogP contribution in [-0.2, 0) is 26.2 Å². The Kier molecular flexibility index (Phi) is 13.7. The topological polar surface area (TPSA) is 180 Å². The lowest BCUT2D eigenvalue weighted by molar-refractivity contribution is -0.385. The Morgan fingerprint density at radius 1 is 1.05 bits per heavy atom. The van der Waals surface area contributed by atoms with Crippen molar-refractivity contribution in [3.63, 3.8) is 0 Å². The fraction of sp³-hybridized carbons (Fsp3) is 0.417. The molecule has 1 aliphatic carbocycles. The summed E-state index contributed by atoms with van der Waals surface area (Å²) in [5, 5.41) is 13.8. The SMILES string of the molecule is CCN=S1(=O)CCC(CCc2ccc(S(=O)(=O)NC(=O)c3ccc(N4CCN(CC5=C(c6ccc(Cl)cc6)CC(C)(C)CC5)CC4)cc3Oc3cnc4[nH]ccc4c3)cc2[N+](=O)[O-])CC1. The van der Waals surface area contributed by atoms with Gasteiger partial charge in [-0.1, -0.05) is 49.2 Å². The number of nitro groups is 1. The molecule has 344 valence electrons. The highest BCUT2D eigenvalue weighted by Gasteiger charge is 2.31. The molecule has 1 amide bonds. The normalized spacial score (nSPS) is 20.4. The number of amides is 1. The summed E-state index contributed by atoms with van der Waals surface area (Å²) < 4.78 is 53.2. The number of H-pyrrole nitrogens is 1. The zero-order valence-electron chi connectivity index (χ0n) is 37.1. The van der Waals surface area contributed by atoms with Gasteiger partial charge in [0, 0.05) is 100 Å². The predicted molar refractivity (Wildman–Crippen MR) is 257 cm³/mol. The molecule has 5 aromatic rings. The van der Waals surface area contributed by atoms with Crippen LogP contribution < -0.4 is 14.4 Å². The van der Waals surface area contributed by atoms with Crippen molar-refractivity contribution >= 4 is 65.2 Å². The van der Waals surface area contributed by atoms with Gasteiger partial charge in [-0.25, -0.2) is 26.7 Å². The highest BCUT2D eigenvalue weighted by molar-refractivity contribution is 7.93. The molecule has 3 aromatic carbocycles. The van der Waals surface area contributed by atoms with Crippen LogP contribution in [0.1, 0.15) is 80.8 Å². The van der Waals surface area contributed by atoms with E-state index in [2.05, 4.69) is 54.8 Å². The smallest absolute Gasteiger partial charge is 0.273 e. The third-order valence-electron chi connectivity index (χ3n) is 13.0. The van der Waals surface area contributed by atoms with E-state index in [1.807, 2.05) is 25.1 Å². The molecule has 3 aliphatic rings. The summed E-state index contributed by atoms with van der Waals surface area (Å²) in [4.78, 5) is 37.4. The molecule has 0 atom stereocenters. The zero-order chi connectivity index (χ0) is 45.9. The lowest BCUT2D eigenvalue weighted by Crippen LogP contribution is -2.47. The number of carbonyl (C=O) groups is 1. The Morgan fingerprint density at radius 3 is 2.52 bits per heavy atom. The van der Waals surface area contributed by atoms with Gasteiger partial charge in [0.1, 0.15) is 17.1 Å². The molecule has 0 bridgehead atoms. The van der Waals surface area contributed by atoms with E-state index in [1.54, 1.807) is 30.5 Å². The van der Waals surface area contributed by atoms with Crippen LogP contribution in [0.5, 0.6) is 11.5 Å². The van der Waals surface area contributed by atoms with Gasteiger partial charge in [-0.15, -0.1) is 0 Å². The van der Waals surface area contributed by atoms with Crippen molar-refractivity contribution in [2.24, 2.45) is 15.7 Å². The number of pyridine rings is 1. The lowest BCUT2D eigenvalue weighted by Gasteiger charge is -2.39. The first-order valence-electron chi connectivity index (χ1n) is 22.3. The van der Waals surface area contributed by atoms with Crippen molar-refractivity contribution in [3.05, 3.63) is 123 Å². The number of halogens is 1. The van der Waals surface area contributed by atoms with Gasteiger partial charge in [-0.05, 0) is 117 Å². The number of sulfonamides is 1. The first-order valence-corrected chi connectivity index (χ1v) is 26.0. The monoisotopic (exact) mass is 941 g/mol. The molecule has 2 aromatic heterocycles. The predicted octanol–water partition coefficient (Wildman–Crippen LogP) is 9.65. The number of nitro benzene ring substituents is 1. The van der Waals surface area contributed by atoms with Crippen molar-refractivity contribution in [3.8, 4) is 11.5 Å². The summed E-state index contributed by atoms with van der Waals surface area (Å²) in [6, 6.07) is 20.6. The standard InChI is InChI=1S/C48H56ClN7O7S2/c1-4-52-64(60)25-17-33(18-26-64)5-6-35-9-13-41(29-44(35)56(58)59)65(61,62)53-47(57)42-14-12-39(28-45(42)63-40-27-36-16-20-50-46(36)51-31-40)55-23-21-54(22-24-55)32-37-15-19-48(2,3)30-43(37)34-7-10-38(49)11-8-34/h7-14,16,20,27-29,31,33H,4-6,15,17-19,21-26,30,32H2,1-3H3,(H,50,51)(H,53,57). The van der Waals surface area contributed by atoms with E-state index >= 15 is 0 Å². The van der Waals surface area contributed by atoms with Crippen LogP contribution in [0.15, 0.2) is 100 Å². The number of aromatic amines is 1. The number of benzene rings is 3. The first-order chi connectivity index (χ1) is 31.1. The number of allylic oxidation sites excluding steroid dienone is 1. The van der Waals surface area contributed by atoms with Crippen LogP contribution in [0.25, 0.3) is 16.6 Å². The number of aryl methyl sites for hydroxylation is 1. The second-order valence-electron chi connectivity index (χ2n) is 18.2. The molecular weight excluding hydrogens is 886 g/mol. The number of fused-ring (bicyclic) bond motifs is 1. The maximum absolute atomic E-state index is 14.0. The molecule has 2 saturated heterocycles. The number of carbonyl (C=O) groups excluding carboxylic acids is 1. The number of nitrogens with zero attached hydrogens (tertiary/aromatic N) is 5. The summed E-state index contributed by atoms with van der Waals surface area (Å²) in [6.45, 7) is 11.0. The average Bonchev–Trinajstić information content (AvgIpc) is 3.75. The molecule has 65 heavy (non-hydrogen) atoms. The molecular formula is C48H56ClN7O7S2. The van der Waals surface area contributed by atoms with Crippen LogP contribution >= 0.6 is 11.6 Å². The maximum Gasteiger partial charge on any atom is 0.273 e. The third-order valence-corrected chi connectivity index (χ3v) is 17.1. The molecule has 0 saturated carbocycles. The van der Waals surface area contributed by atoms with E-state index in [0.717, 1.165) is 87.0 Å². The number of ether oxygens (including phenoxy) is 1. The zero-order valence-corrected chi connectivity index (χ0v) is 39.4. The van der Waals surface area contributed by atoms with Crippen LogP contribution in [0, 0.1) is 21.4 Å². The summed E-state index contributed by atoms with van der Waals surface area (Å²) in [7, 11) is -6.75. The minimum atomic E-state index is -4.57. The van der Waals surface area contributed by atoms with Crippen molar-refractivity contribution in [2.75, 3.05) is 55.7 Å². The van der Waals surface area contributed by atoms with Gasteiger partial charge >= 0.3 is 0 Å². The van der Waals surface area contributed by atoms with Crippen molar-refractivity contribution in [2.45, 2.75) is 70.6 Å². The minimum absolute atomic E-state index is 0.0405. The number of hydrogen-bond donors (Lipinski definition) is 2. The van der Waals surface area contributed by atoms with E-state index in [-0.39, 0.29) is 28.3 Å². The summed E-state index contributed by atoms with van der Waals surface area (Å²) >= 11 is 6.25. The molecule has 0 unspecified atom stereocenters. The average molecular weight is 943 g/mol. The highest BCUT2D eigenvalue weighted by Crippen LogP contribution is 2.43. The van der Waals surface area contributed by atoms with Gasteiger partial charge in [0.2, 0.25) is 0 Å². The Bertz CT molecular complexity index is 2850. The molecule has 17 heteroatoms. The number of rotatable bonds is 14. The first kappa shape index (κ1) is 46.2. The number of hydrogen-bond acceptors (Lipinski definition) is 11. The van der Waals surface area contributed by atoms with Gasteiger partial charge in [0.25, 0.3) is 21.6 Å². The second-order valence-corrected chi connectivity index (χ2v) is 22.9. The second kappa shape index (κ2) is 19.3. The van der Waals surface area contributed by atoms with E-state index in [0.29, 0.717) is 47.9 Å². The largest absolute Gasteiger partial charge is 0.455 e. The van der Waals surface area contributed by atoms with E-state index in [4.69, 9.17) is 16.3 Å². The van der Waals surface area contributed by atoms with Gasteiger partial charge in [-0.3, -0.25) is 19.8 Å². The Balaban J connectivity index is 0.986. The van der Waals surface area contributed by atoms with E-state index < -0.39 is 35.5 Å². The number of aromatic nitrogens is 2. The molecule has 2 fully saturated rings. The molecule has 0 spiro atoms. The quantitative estimate of drug-likeness (QED) is 0.0804. The summed E-state index contributed by atoms with van der Waals surface area (Å²) in [5.41, 5.74) is 5.79. The molecule has 0 radical (unpaired) electrons. The fourth-order valence-corrected chi connectivity index (χ4v) is 12.7. The van der Waals surface area contributed by atoms with Gasteiger partial charge in [0.05, 0.1) is 21.6 Å². The molecule has 8 rings (SSSR count). The van der Waals surface area contributed by atoms with Gasteiger partial charge in [-0.2, -0.15) is 0 Å². The van der Waals surface area contributed by atoms with Gasteiger partial charge < -0.3 is 14.6 Å². The van der Waals surface area contributed by atoms with Gasteiger partial charge in [0.15, 0.2) is 0 Å². The molecule has 4 heterocycles. The summed E-state index contributed by atoms with van der Waals surface area (Å²) in [5.74, 6) is 0.783. The van der Waals surface area contributed by atoms with Crippen molar-refractivity contribution in [1.82, 2.24) is 19.6 Å². The number of nitrogens with one attached hydrogen (secondary N) is 2. The minimum Gasteiger partial charge on any atom is -0.455 e. The Labute approximate surface area is 386 Å². The van der Waals surface area contributed by atoms with Crippen LogP contribution in [0.2, 0.25) is 5.02 Å². The number of anilines is 1. The molecule has 2 aliphatic heterocycles. The van der Waals surface area contributed by atoms with Crippen molar-refractivity contribution < 1.29 is 27.1 Å². The van der Waals surface area contributed by atoms with E-state index in [9.17, 15) is 27.5 Å². The Morgan fingerprint density at radius 2 is 1.80 bits per heavy atom. The maximum atomic E-state index is 14.0. The van der Waals surface area contributed by atoms with Crippen LogP contribution in [-0.4, -0.2) is 89.1 Å². The number of piperazine rings is 1. The highest BCUT2D eigenvalue weighted by atomic mass is 35.5. The Hall–Kier alpha value is -5.29. The summed E-state index contributed by atoms with van der Waals surface area (Å²) in [6.07, 6.45) is 8.90. The van der Waals surface area contributed by atoms with Crippen LogP contribution in [0.3, 0.4) is 0 Å². The molecule has 14 nitrogen and oxygen atoms in total. The lowest BCUT2D eigenvalue weighted by atomic mass is 9.72. The fourth-order valence-electron chi connectivity index (χ4n) is 9.27. The molecule has 2 N–H and O–H groups in total.